The topological polar surface area (TPSA) is 54.5 Å². The van der Waals surface area contributed by atoms with Crippen LogP contribution in [0.2, 0.25) is 0 Å². The summed E-state index contributed by atoms with van der Waals surface area (Å²) in [5.41, 5.74) is 1.03. The number of amides is 1. The highest BCUT2D eigenvalue weighted by molar-refractivity contribution is 7.18. The number of ether oxygens (including phenoxy) is 1. The fourth-order valence-electron chi connectivity index (χ4n) is 3.10. The quantitative estimate of drug-likeness (QED) is 0.796. The lowest BCUT2D eigenvalue weighted by Crippen LogP contribution is -2.31. The Morgan fingerprint density at radius 2 is 2.33 bits per heavy atom. The van der Waals surface area contributed by atoms with Gasteiger partial charge in [0.05, 0.1) is 21.8 Å². The summed E-state index contributed by atoms with van der Waals surface area (Å²) in [7, 11) is 1.74. The Labute approximate surface area is 147 Å². The molecule has 1 aromatic heterocycles. The number of carbonyl (C=O) groups excluding carboxylic acids is 1. The van der Waals surface area contributed by atoms with E-state index in [0.29, 0.717) is 12.3 Å². The molecule has 0 radical (unpaired) electrons. The maximum absolute atomic E-state index is 12.1. The molecule has 6 heteroatoms. The Kier molecular flexibility index (Phi) is 6.18. The van der Waals surface area contributed by atoms with Crippen LogP contribution in [0.15, 0.2) is 24.3 Å². The summed E-state index contributed by atoms with van der Waals surface area (Å²) in [5.74, 6) is 0.692. The molecule has 2 heterocycles. The van der Waals surface area contributed by atoms with Crippen LogP contribution in [0.4, 0.5) is 0 Å². The fraction of sp³-hybridized carbons (Fsp3) is 0.556. The summed E-state index contributed by atoms with van der Waals surface area (Å²) in [5, 5.41) is 4.13. The van der Waals surface area contributed by atoms with Crippen LogP contribution in [0.25, 0.3) is 10.2 Å². The SMILES string of the molecule is COCCN1CC[C@H](CNC(=O)CCc2nc3ccccc3s2)C1. The second-order valence-electron chi connectivity index (χ2n) is 6.33. The summed E-state index contributed by atoms with van der Waals surface area (Å²) in [6, 6.07) is 8.11. The minimum Gasteiger partial charge on any atom is -0.383 e. The Hall–Kier alpha value is -1.50. The van der Waals surface area contributed by atoms with Gasteiger partial charge in [-0.25, -0.2) is 4.98 Å². The number of methoxy groups -OCH3 is 1. The standard InChI is InChI=1S/C18H25N3O2S/c1-23-11-10-21-9-8-14(13-21)12-19-17(22)6-7-18-20-15-4-2-3-5-16(15)24-18/h2-5,14H,6-13H2,1H3,(H,19,22)/t14-/m1/s1. The van der Waals surface area contributed by atoms with Crippen LogP contribution >= 0.6 is 11.3 Å². The third kappa shape index (κ3) is 4.75. The van der Waals surface area contributed by atoms with E-state index in [2.05, 4.69) is 21.3 Å². The number of para-hydroxylation sites is 1. The monoisotopic (exact) mass is 347 g/mol. The number of carbonyl (C=O) groups is 1. The highest BCUT2D eigenvalue weighted by Gasteiger charge is 2.22. The van der Waals surface area contributed by atoms with Gasteiger partial charge in [0, 0.05) is 39.6 Å². The van der Waals surface area contributed by atoms with Gasteiger partial charge < -0.3 is 15.0 Å². The average Bonchev–Trinajstić information content (AvgIpc) is 3.22. The van der Waals surface area contributed by atoms with Crippen molar-refractivity contribution in [1.29, 1.82) is 0 Å². The van der Waals surface area contributed by atoms with Crippen LogP contribution in [-0.2, 0) is 16.0 Å². The lowest BCUT2D eigenvalue weighted by molar-refractivity contribution is -0.121. The molecule has 3 rings (SSSR count). The van der Waals surface area contributed by atoms with Gasteiger partial charge in [0.2, 0.25) is 5.91 Å². The second kappa shape index (κ2) is 8.55. The number of likely N-dealkylation sites (tertiary alicyclic amines) is 1. The number of thiazole rings is 1. The van der Waals surface area contributed by atoms with Crippen molar-refractivity contribution in [2.24, 2.45) is 5.92 Å². The zero-order valence-corrected chi connectivity index (χ0v) is 15.0. The Morgan fingerprint density at radius 1 is 1.46 bits per heavy atom. The predicted octanol–water partition coefficient (Wildman–Crippen LogP) is 2.31. The lowest BCUT2D eigenvalue weighted by Gasteiger charge is -2.15. The number of nitrogens with one attached hydrogen (secondary N) is 1. The second-order valence-corrected chi connectivity index (χ2v) is 7.44. The van der Waals surface area contributed by atoms with Crippen LogP contribution in [-0.4, -0.2) is 55.7 Å². The zero-order valence-electron chi connectivity index (χ0n) is 14.2. The zero-order chi connectivity index (χ0) is 16.8. The molecule has 1 aliphatic rings. The van der Waals surface area contributed by atoms with Crippen molar-refractivity contribution >= 4 is 27.5 Å². The minimum atomic E-state index is 0.129. The van der Waals surface area contributed by atoms with E-state index in [1.165, 1.54) is 4.70 Å². The van der Waals surface area contributed by atoms with E-state index in [4.69, 9.17) is 4.74 Å². The van der Waals surface area contributed by atoms with E-state index in [9.17, 15) is 4.79 Å². The largest absolute Gasteiger partial charge is 0.383 e. The molecule has 0 spiro atoms. The summed E-state index contributed by atoms with van der Waals surface area (Å²) in [4.78, 5) is 19.1. The van der Waals surface area contributed by atoms with Crippen molar-refractivity contribution in [3.05, 3.63) is 29.3 Å². The first-order valence-corrected chi connectivity index (χ1v) is 9.38. The van der Waals surface area contributed by atoms with Gasteiger partial charge in [-0.15, -0.1) is 11.3 Å². The molecule has 0 aliphatic carbocycles. The van der Waals surface area contributed by atoms with Gasteiger partial charge in [-0.3, -0.25) is 4.79 Å². The molecule has 0 saturated carbocycles. The summed E-state index contributed by atoms with van der Waals surface area (Å²) in [6.07, 6.45) is 2.39. The number of hydrogen-bond acceptors (Lipinski definition) is 5. The van der Waals surface area contributed by atoms with Gasteiger partial charge >= 0.3 is 0 Å². The maximum Gasteiger partial charge on any atom is 0.220 e. The van der Waals surface area contributed by atoms with Gasteiger partial charge in [-0.1, -0.05) is 12.1 Å². The first-order valence-electron chi connectivity index (χ1n) is 8.57. The van der Waals surface area contributed by atoms with E-state index < -0.39 is 0 Å². The number of aryl methyl sites for hydroxylation is 1. The molecule has 1 atom stereocenters. The fourth-order valence-corrected chi connectivity index (χ4v) is 4.06. The van der Waals surface area contributed by atoms with Crippen LogP contribution in [0.3, 0.4) is 0 Å². The third-order valence-electron chi connectivity index (χ3n) is 4.47. The van der Waals surface area contributed by atoms with Crippen molar-refractivity contribution in [2.45, 2.75) is 19.3 Å². The molecule has 1 aliphatic heterocycles. The molecular formula is C18H25N3O2S. The number of fused-ring (bicyclic) bond motifs is 1. The highest BCUT2D eigenvalue weighted by Crippen LogP contribution is 2.22. The van der Waals surface area contributed by atoms with Crippen LogP contribution in [0.1, 0.15) is 17.8 Å². The Morgan fingerprint density at radius 3 is 3.17 bits per heavy atom. The Balaban J connectivity index is 1.37. The van der Waals surface area contributed by atoms with E-state index in [1.807, 2.05) is 18.2 Å². The highest BCUT2D eigenvalue weighted by atomic mass is 32.1. The molecule has 2 aromatic rings. The van der Waals surface area contributed by atoms with Crippen molar-refractivity contribution in [2.75, 3.05) is 39.9 Å². The normalized spacial score (nSPS) is 18.3. The number of benzene rings is 1. The molecule has 1 saturated heterocycles. The van der Waals surface area contributed by atoms with Crippen LogP contribution in [0.5, 0.6) is 0 Å². The number of rotatable bonds is 8. The van der Waals surface area contributed by atoms with Gasteiger partial charge in [-0.2, -0.15) is 0 Å². The predicted molar refractivity (Wildman–Crippen MR) is 97.4 cm³/mol. The molecule has 24 heavy (non-hydrogen) atoms. The van der Waals surface area contributed by atoms with Crippen molar-refractivity contribution in [3.63, 3.8) is 0 Å². The molecule has 0 bridgehead atoms. The van der Waals surface area contributed by atoms with Gasteiger partial charge in [0.15, 0.2) is 0 Å². The summed E-state index contributed by atoms with van der Waals surface area (Å²) in [6.45, 7) is 4.71. The van der Waals surface area contributed by atoms with Crippen molar-refractivity contribution in [3.8, 4) is 0 Å². The first kappa shape index (κ1) is 17.3. The first-order chi connectivity index (χ1) is 11.7. The molecule has 1 aromatic carbocycles. The molecule has 130 valence electrons. The number of aromatic nitrogens is 1. The lowest BCUT2D eigenvalue weighted by atomic mass is 10.1. The third-order valence-corrected chi connectivity index (χ3v) is 5.57. The van der Waals surface area contributed by atoms with E-state index in [-0.39, 0.29) is 5.91 Å². The van der Waals surface area contributed by atoms with E-state index in [0.717, 1.165) is 56.2 Å². The number of hydrogen-bond donors (Lipinski definition) is 1. The molecule has 1 N–H and O–H groups in total. The maximum atomic E-state index is 12.1. The van der Waals surface area contributed by atoms with Crippen molar-refractivity contribution < 1.29 is 9.53 Å². The van der Waals surface area contributed by atoms with E-state index >= 15 is 0 Å². The summed E-state index contributed by atoms with van der Waals surface area (Å²) < 4.78 is 6.31. The molecular weight excluding hydrogens is 322 g/mol. The van der Waals surface area contributed by atoms with Crippen LogP contribution < -0.4 is 5.32 Å². The van der Waals surface area contributed by atoms with E-state index in [1.54, 1.807) is 18.4 Å². The van der Waals surface area contributed by atoms with Gasteiger partial charge in [0.25, 0.3) is 0 Å². The number of nitrogens with zero attached hydrogens (tertiary/aromatic N) is 2. The van der Waals surface area contributed by atoms with Gasteiger partial charge in [-0.05, 0) is 31.0 Å². The summed E-state index contributed by atoms with van der Waals surface area (Å²) >= 11 is 1.68. The molecule has 0 unspecified atom stereocenters. The molecule has 5 nitrogen and oxygen atoms in total. The van der Waals surface area contributed by atoms with Crippen molar-refractivity contribution in [1.82, 2.24) is 15.2 Å². The molecule has 1 amide bonds. The average molecular weight is 347 g/mol. The van der Waals surface area contributed by atoms with Gasteiger partial charge in [0.1, 0.15) is 0 Å². The molecule has 1 fully saturated rings. The van der Waals surface area contributed by atoms with Crippen LogP contribution in [0, 0.1) is 5.92 Å². The minimum absolute atomic E-state index is 0.129. The smallest absolute Gasteiger partial charge is 0.220 e. The Bertz CT molecular complexity index is 640.